The zero-order chi connectivity index (χ0) is 21.1. The van der Waals surface area contributed by atoms with Crippen molar-refractivity contribution in [2.75, 3.05) is 26.0 Å². The highest BCUT2D eigenvalue weighted by molar-refractivity contribution is 6.62. The van der Waals surface area contributed by atoms with Crippen molar-refractivity contribution in [2.45, 2.75) is 45.3 Å². The number of nitrogens with zero attached hydrogens (tertiary/aromatic N) is 1. The summed E-state index contributed by atoms with van der Waals surface area (Å²) in [5, 5.41) is 14.1. The Morgan fingerprint density at radius 1 is 1.21 bits per heavy atom. The van der Waals surface area contributed by atoms with E-state index in [1.54, 1.807) is 13.1 Å². The van der Waals surface area contributed by atoms with Crippen LogP contribution >= 0.6 is 0 Å². The van der Waals surface area contributed by atoms with Gasteiger partial charge >= 0.3 is 13.1 Å². The average molecular weight is 388 g/mol. The molecule has 0 atom stereocenters. The molecule has 3 N–H and O–H groups in total. The van der Waals surface area contributed by atoms with Crippen molar-refractivity contribution in [3.05, 3.63) is 23.8 Å². The number of hydrogen-bond donors (Lipinski definition) is 3. The number of rotatable bonds is 6. The maximum atomic E-state index is 12.1. The highest BCUT2D eigenvalue weighted by Crippen LogP contribution is 2.36. The number of amidine groups is 1. The Balaban J connectivity index is 2.33. The summed E-state index contributed by atoms with van der Waals surface area (Å²) in [6.07, 6.45) is 0.875. The Kier molecular flexibility index (Phi) is 6.51. The molecule has 1 fully saturated rings. The first kappa shape index (κ1) is 21.9. The van der Waals surface area contributed by atoms with Gasteiger partial charge in [-0.25, -0.2) is 4.79 Å². The lowest BCUT2D eigenvalue weighted by Gasteiger charge is -2.32. The smallest absolute Gasteiger partial charge is 0.399 e. The molecule has 28 heavy (non-hydrogen) atoms. The molecule has 0 spiro atoms. The summed E-state index contributed by atoms with van der Waals surface area (Å²) in [5.41, 5.74) is 1.12. The maximum Gasteiger partial charge on any atom is 0.494 e. The minimum atomic E-state index is -0.523. The van der Waals surface area contributed by atoms with Gasteiger partial charge in [-0.1, -0.05) is 6.07 Å². The van der Waals surface area contributed by atoms with E-state index in [0.29, 0.717) is 11.3 Å². The van der Waals surface area contributed by atoms with Crippen LogP contribution in [0, 0.1) is 5.41 Å². The monoisotopic (exact) mass is 388 g/mol. The fourth-order valence-electron chi connectivity index (χ4n) is 2.88. The lowest BCUT2D eigenvalue weighted by Crippen LogP contribution is -2.43. The number of benzene rings is 1. The molecule has 0 unspecified atom stereocenters. The van der Waals surface area contributed by atoms with Crippen molar-refractivity contribution >= 4 is 36.4 Å². The molecule has 1 aliphatic heterocycles. The van der Waals surface area contributed by atoms with E-state index in [0.717, 1.165) is 11.7 Å². The lowest BCUT2D eigenvalue weighted by atomic mass is 9.78. The molecule has 0 aliphatic carbocycles. The van der Waals surface area contributed by atoms with Crippen LogP contribution in [0.5, 0.6) is 0 Å². The van der Waals surface area contributed by atoms with Crippen molar-refractivity contribution in [1.29, 1.82) is 5.41 Å². The first-order valence-electron chi connectivity index (χ1n) is 9.27. The van der Waals surface area contributed by atoms with E-state index in [1.807, 2.05) is 39.8 Å². The Labute approximate surface area is 166 Å². The summed E-state index contributed by atoms with van der Waals surface area (Å²) >= 11 is 0. The van der Waals surface area contributed by atoms with Gasteiger partial charge in [0.05, 0.1) is 11.2 Å². The molecule has 2 rings (SSSR count). The van der Waals surface area contributed by atoms with Gasteiger partial charge in [0.2, 0.25) is 0 Å². The van der Waals surface area contributed by atoms with Crippen molar-refractivity contribution in [2.24, 2.45) is 0 Å². The Hall–Kier alpha value is -2.39. The highest BCUT2D eigenvalue weighted by atomic mass is 16.7. The second-order valence-electron chi connectivity index (χ2n) is 7.65. The standard InChI is InChI=1S/C19H29BN4O4/c1-18(2)19(3,4)28-20(27-18)13-8-9-14(15(12-13)22-5)16(21)24(10-7-11-25)17(26)23-6/h8-9,11-12,21-22H,7,10H2,1-6H3,(H,23,26). The first-order chi connectivity index (χ1) is 13.1. The average Bonchev–Trinajstić information content (AvgIpc) is 2.88. The molecule has 152 valence electrons. The topological polar surface area (TPSA) is 104 Å². The molecule has 1 heterocycles. The van der Waals surface area contributed by atoms with E-state index in [-0.39, 0.29) is 18.8 Å². The van der Waals surface area contributed by atoms with E-state index >= 15 is 0 Å². The van der Waals surface area contributed by atoms with E-state index < -0.39 is 24.4 Å². The van der Waals surface area contributed by atoms with Gasteiger partial charge in [0.25, 0.3) is 0 Å². The minimum absolute atomic E-state index is 0.00557. The van der Waals surface area contributed by atoms with Gasteiger partial charge in [-0.2, -0.15) is 0 Å². The number of amides is 2. The molecule has 1 aromatic carbocycles. The van der Waals surface area contributed by atoms with Crippen molar-refractivity contribution < 1.29 is 18.9 Å². The Morgan fingerprint density at radius 2 is 1.82 bits per heavy atom. The molecular weight excluding hydrogens is 359 g/mol. The number of carbonyl (C=O) groups excluding carboxylic acids is 2. The van der Waals surface area contributed by atoms with Crippen LogP contribution in [0.3, 0.4) is 0 Å². The Bertz CT molecular complexity index is 750. The second kappa shape index (κ2) is 8.32. The molecule has 9 heteroatoms. The van der Waals surface area contributed by atoms with Crippen LogP contribution in [0.2, 0.25) is 0 Å². The molecule has 1 aliphatic rings. The van der Waals surface area contributed by atoms with Crippen LogP contribution in [0.1, 0.15) is 39.7 Å². The van der Waals surface area contributed by atoms with Crippen LogP contribution < -0.4 is 16.1 Å². The van der Waals surface area contributed by atoms with Gasteiger partial charge in [-0.05, 0) is 45.3 Å². The number of nitrogens with one attached hydrogen (secondary N) is 3. The first-order valence-corrected chi connectivity index (χ1v) is 9.27. The van der Waals surface area contributed by atoms with Crippen LogP contribution in [-0.2, 0) is 14.1 Å². The lowest BCUT2D eigenvalue weighted by molar-refractivity contribution is -0.107. The van der Waals surface area contributed by atoms with Crippen molar-refractivity contribution in [3.63, 3.8) is 0 Å². The summed E-state index contributed by atoms with van der Waals surface area (Å²) < 4.78 is 12.2. The van der Waals surface area contributed by atoms with E-state index in [4.69, 9.17) is 14.7 Å². The summed E-state index contributed by atoms with van der Waals surface area (Å²) in [6.45, 7) is 8.09. The van der Waals surface area contributed by atoms with Gasteiger partial charge < -0.3 is 24.7 Å². The normalized spacial score (nSPS) is 17.1. The number of anilines is 1. The molecular formula is C19H29BN4O4. The third-order valence-electron chi connectivity index (χ3n) is 5.29. The minimum Gasteiger partial charge on any atom is -0.399 e. The zero-order valence-corrected chi connectivity index (χ0v) is 17.4. The third-order valence-corrected chi connectivity index (χ3v) is 5.29. The quantitative estimate of drug-likeness (QED) is 0.297. The molecule has 0 saturated carbocycles. The van der Waals surface area contributed by atoms with Gasteiger partial charge in [0.15, 0.2) is 0 Å². The van der Waals surface area contributed by atoms with Crippen molar-refractivity contribution in [1.82, 2.24) is 10.2 Å². The van der Waals surface area contributed by atoms with E-state index in [1.165, 1.54) is 11.9 Å². The molecule has 0 radical (unpaired) electrons. The summed E-state index contributed by atoms with van der Waals surface area (Å²) in [6, 6.07) is 5.00. The van der Waals surface area contributed by atoms with Gasteiger partial charge in [0, 0.05) is 38.3 Å². The summed E-state index contributed by atoms with van der Waals surface area (Å²) in [5.74, 6) is 0.00557. The molecule has 1 saturated heterocycles. The van der Waals surface area contributed by atoms with Gasteiger partial charge in [-0.15, -0.1) is 0 Å². The molecule has 0 aromatic heterocycles. The molecule has 1 aromatic rings. The second-order valence-corrected chi connectivity index (χ2v) is 7.65. The molecule has 0 bridgehead atoms. The number of carbonyl (C=O) groups is 2. The summed E-state index contributed by atoms with van der Waals surface area (Å²) in [7, 11) is 2.71. The molecule has 2 amide bonds. The van der Waals surface area contributed by atoms with Crippen LogP contribution in [0.4, 0.5) is 10.5 Å². The SMILES string of the molecule is CNC(=O)N(CCC=O)C(=N)c1ccc(B2OC(C)(C)C(C)(C)O2)cc1NC. The van der Waals surface area contributed by atoms with Crippen molar-refractivity contribution in [3.8, 4) is 0 Å². The number of aldehydes is 1. The van der Waals surface area contributed by atoms with E-state index in [2.05, 4.69) is 10.6 Å². The zero-order valence-electron chi connectivity index (χ0n) is 17.4. The van der Waals surface area contributed by atoms with Crippen LogP contribution in [0.15, 0.2) is 18.2 Å². The maximum absolute atomic E-state index is 12.1. The molecule has 8 nitrogen and oxygen atoms in total. The largest absolute Gasteiger partial charge is 0.494 e. The fourth-order valence-corrected chi connectivity index (χ4v) is 2.88. The Morgan fingerprint density at radius 3 is 2.32 bits per heavy atom. The predicted octanol–water partition coefficient (Wildman–Crippen LogP) is 1.58. The number of hydrogen-bond acceptors (Lipinski definition) is 6. The van der Waals surface area contributed by atoms with E-state index in [9.17, 15) is 9.59 Å². The van der Waals surface area contributed by atoms with Crippen LogP contribution in [0.25, 0.3) is 0 Å². The predicted molar refractivity (Wildman–Crippen MR) is 110 cm³/mol. The van der Waals surface area contributed by atoms with Gasteiger partial charge in [0.1, 0.15) is 12.1 Å². The highest BCUT2D eigenvalue weighted by Gasteiger charge is 2.51. The number of urea groups is 1. The third kappa shape index (κ3) is 4.20. The van der Waals surface area contributed by atoms with Crippen LogP contribution in [-0.4, -0.2) is 62.0 Å². The fraction of sp³-hybridized carbons (Fsp3) is 0.526. The summed E-state index contributed by atoms with van der Waals surface area (Å²) in [4.78, 5) is 24.1. The van der Waals surface area contributed by atoms with Gasteiger partial charge in [-0.3, -0.25) is 10.3 Å².